The second-order valence-corrected chi connectivity index (χ2v) is 8.37. The largest absolute Gasteiger partial charge is 0.480 e. The number of piperidine rings is 1. The molecule has 1 aromatic rings. The molecule has 0 aromatic heterocycles. The Morgan fingerprint density at radius 3 is 2.54 bits per heavy atom. The normalized spacial score (nSPS) is 18.1. The number of nitrogens with zero attached hydrogens (tertiary/aromatic N) is 2. The lowest BCUT2D eigenvalue weighted by atomic mass is 10.0. The second-order valence-electron chi connectivity index (χ2n) is 6.32. The molecule has 0 saturated carbocycles. The minimum absolute atomic E-state index is 0.0188. The summed E-state index contributed by atoms with van der Waals surface area (Å²) in [6, 6.07) is 3.74. The van der Waals surface area contributed by atoms with Crippen molar-refractivity contribution in [2.75, 3.05) is 20.1 Å². The highest BCUT2D eigenvalue weighted by molar-refractivity contribution is 7.89. The second kappa shape index (κ2) is 8.59. The maximum Gasteiger partial charge on any atom is 0.326 e. The first-order chi connectivity index (χ1) is 12.2. The van der Waals surface area contributed by atoms with Gasteiger partial charge in [0.15, 0.2) is 0 Å². The summed E-state index contributed by atoms with van der Waals surface area (Å²) in [5, 5.41) is 9.22. The van der Waals surface area contributed by atoms with Crippen molar-refractivity contribution in [1.29, 1.82) is 0 Å². The Morgan fingerprint density at radius 2 is 1.92 bits per heavy atom. The fourth-order valence-electron chi connectivity index (χ4n) is 2.99. The van der Waals surface area contributed by atoms with Crippen molar-refractivity contribution >= 4 is 21.9 Å². The first-order valence-electron chi connectivity index (χ1n) is 8.47. The number of likely N-dealkylation sites (tertiary alicyclic amines) is 1. The van der Waals surface area contributed by atoms with E-state index in [9.17, 15) is 27.5 Å². The summed E-state index contributed by atoms with van der Waals surface area (Å²) in [6.07, 6.45) is 2.35. The predicted octanol–water partition coefficient (Wildman–Crippen LogP) is 1.69. The molecule has 0 aliphatic carbocycles. The van der Waals surface area contributed by atoms with Crippen molar-refractivity contribution in [3.63, 3.8) is 0 Å². The summed E-state index contributed by atoms with van der Waals surface area (Å²) < 4.78 is 38.8. The van der Waals surface area contributed by atoms with Crippen LogP contribution in [0.3, 0.4) is 0 Å². The Labute approximate surface area is 152 Å². The van der Waals surface area contributed by atoms with E-state index in [2.05, 4.69) is 0 Å². The van der Waals surface area contributed by atoms with Gasteiger partial charge in [-0.3, -0.25) is 4.79 Å². The molecule has 144 valence electrons. The molecule has 0 radical (unpaired) electrons. The molecule has 9 heteroatoms. The van der Waals surface area contributed by atoms with Gasteiger partial charge < -0.3 is 10.0 Å². The van der Waals surface area contributed by atoms with Crippen LogP contribution in [0.4, 0.5) is 4.39 Å². The lowest BCUT2D eigenvalue weighted by Gasteiger charge is -2.33. The minimum atomic E-state index is -3.76. The highest BCUT2D eigenvalue weighted by Gasteiger charge is 2.31. The molecule has 1 saturated heterocycles. The zero-order valence-corrected chi connectivity index (χ0v) is 15.4. The van der Waals surface area contributed by atoms with Crippen LogP contribution >= 0.6 is 0 Å². The summed E-state index contributed by atoms with van der Waals surface area (Å²) >= 11 is 0. The van der Waals surface area contributed by atoms with Crippen molar-refractivity contribution in [3.05, 3.63) is 30.1 Å². The number of hydrogen-bond donors (Lipinski definition) is 1. The summed E-state index contributed by atoms with van der Waals surface area (Å²) in [4.78, 5) is 24.9. The Kier molecular flexibility index (Phi) is 6.71. The van der Waals surface area contributed by atoms with Gasteiger partial charge in [0, 0.05) is 26.6 Å². The van der Waals surface area contributed by atoms with Gasteiger partial charge >= 0.3 is 5.97 Å². The van der Waals surface area contributed by atoms with E-state index in [1.807, 2.05) is 0 Å². The van der Waals surface area contributed by atoms with E-state index in [-0.39, 0.29) is 30.2 Å². The number of carbonyl (C=O) groups is 2. The summed E-state index contributed by atoms with van der Waals surface area (Å²) in [7, 11) is -2.36. The minimum Gasteiger partial charge on any atom is -0.480 e. The number of carboxylic acids is 1. The van der Waals surface area contributed by atoms with Gasteiger partial charge in [-0.25, -0.2) is 21.9 Å². The number of sulfonamides is 1. The van der Waals surface area contributed by atoms with Gasteiger partial charge in [-0.05, 0) is 49.9 Å². The first kappa shape index (κ1) is 20.3. The van der Waals surface area contributed by atoms with E-state index in [1.54, 1.807) is 0 Å². The summed E-state index contributed by atoms with van der Waals surface area (Å²) in [6.45, 7) is 0.524. The summed E-state index contributed by atoms with van der Waals surface area (Å²) in [5.74, 6) is -1.80. The zero-order valence-electron chi connectivity index (χ0n) is 14.6. The van der Waals surface area contributed by atoms with Gasteiger partial charge in [0.25, 0.3) is 0 Å². The molecule has 1 heterocycles. The van der Waals surface area contributed by atoms with Crippen LogP contribution < -0.4 is 0 Å². The fourth-order valence-corrected chi connectivity index (χ4v) is 4.20. The number of amides is 1. The molecule has 1 N–H and O–H groups in total. The maximum atomic E-state index is 12.9. The monoisotopic (exact) mass is 386 g/mol. The van der Waals surface area contributed by atoms with E-state index in [0.717, 1.165) is 29.3 Å². The number of hydrogen-bond acceptors (Lipinski definition) is 4. The van der Waals surface area contributed by atoms with Crippen LogP contribution in [0.1, 0.15) is 32.1 Å². The number of halogens is 1. The average molecular weight is 386 g/mol. The smallest absolute Gasteiger partial charge is 0.326 e. The van der Waals surface area contributed by atoms with Crippen LogP contribution in [0.25, 0.3) is 0 Å². The third-order valence-electron chi connectivity index (χ3n) is 4.49. The number of carbonyl (C=O) groups excluding carboxylic acids is 1. The fraction of sp³-hybridized carbons (Fsp3) is 0.529. The molecule has 26 heavy (non-hydrogen) atoms. The Hall–Kier alpha value is -2.00. The number of aliphatic carboxylic acids is 1. The van der Waals surface area contributed by atoms with Crippen molar-refractivity contribution in [2.24, 2.45) is 0 Å². The molecule has 0 spiro atoms. The van der Waals surface area contributed by atoms with Crippen LogP contribution in [0.15, 0.2) is 29.2 Å². The van der Waals surface area contributed by atoms with Gasteiger partial charge in [-0.15, -0.1) is 0 Å². The number of carboxylic acid groups (broad SMARTS) is 1. The molecule has 1 aliphatic heterocycles. The predicted molar refractivity (Wildman–Crippen MR) is 92.4 cm³/mol. The van der Waals surface area contributed by atoms with Crippen LogP contribution in [0, 0.1) is 5.82 Å². The van der Waals surface area contributed by atoms with Crippen LogP contribution in [-0.2, 0) is 19.6 Å². The highest BCUT2D eigenvalue weighted by atomic mass is 32.2. The molecule has 0 bridgehead atoms. The van der Waals surface area contributed by atoms with E-state index < -0.39 is 27.9 Å². The van der Waals surface area contributed by atoms with Crippen molar-refractivity contribution < 1.29 is 27.5 Å². The molecule has 1 aliphatic rings. The lowest BCUT2D eigenvalue weighted by molar-refractivity contribution is -0.152. The quantitative estimate of drug-likeness (QED) is 0.769. The molecule has 7 nitrogen and oxygen atoms in total. The molecule has 0 unspecified atom stereocenters. The van der Waals surface area contributed by atoms with E-state index in [1.165, 1.54) is 24.1 Å². The van der Waals surface area contributed by atoms with Gasteiger partial charge in [-0.2, -0.15) is 0 Å². The van der Waals surface area contributed by atoms with Crippen molar-refractivity contribution in [2.45, 2.75) is 43.0 Å². The third-order valence-corrected chi connectivity index (χ3v) is 6.36. The molecule has 2 rings (SSSR count). The van der Waals surface area contributed by atoms with Gasteiger partial charge in [-0.1, -0.05) is 0 Å². The summed E-state index contributed by atoms with van der Waals surface area (Å²) in [5.41, 5.74) is 0. The van der Waals surface area contributed by atoms with E-state index in [4.69, 9.17) is 0 Å². The molecule has 1 fully saturated rings. The van der Waals surface area contributed by atoms with Crippen LogP contribution in [-0.4, -0.2) is 60.8 Å². The van der Waals surface area contributed by atoms with Gasteiger partial charge in [0.2, 0.25) is 15.9 Å². The maximum absolute atomic E-state index is 12.9. The Morgan fingerprint density at radius 1 is 1.27 bits per heavy atom. The Bertz CT molecular complexity index is 751. The molecule has 1 amide bonds. The molecular weight excluding hydrogens is 363 g/mol. The SMILES string of the molecule is CN(CCCC(=O)N1CCCC[C@@H]1C(=O)O)S(=O)(=O)c1ccc(F)cc1. The zero-order chi connectivity index (χ0) is 19.3. The number of rotatable bonds is 7. The van der Waals surface area contributed by atoms with Crippen LogP contribution in [0.5, 0.6) is 0 Å². The first-order valence-corrected chi connectivity index (χ1v) is 9.91. The van der Waals surface area contributed by atoms with E-state index in [0.29, 0.717) is 13.0 Å². The molecule has 1 atom stereocenters. The standard InChI is InChI=1S/C17H23FN2O5S/c1-19(26(24,25)14-9-7-13(18)8-10-14)11-4-6-16(21)20-12-3-2-5-15(20)17(22)23/h7-10,15H,2-6,11-12H2,1H3,(H,22,23)/t15-/m1/s1. The highest BCUT2D eigenvalue weighted by Crippen LogP contribution is 2.19. The molecule has 1 aromatic carbocycles. The number of benzene rings is 1. The van der Waals surface area contributed by atoms with Crippen molar-refractivity contribution in [3.8, 4) is 0 Å². The van der Waals surface area contributed by atoms with Gasteiger partial charge in [0.05, 0.1) is 4.90 Å². The van der Waals surface area contributed by atoms with E-state index >= 15 is 0 Å². The third kappa shape index (κ3) is 4.79. The lowest BCUT2D eigenvalue weighted by Crippen LogP contribution is -2.48. The average Bonchev–Trinajstić information content (AvgIpc) is 2.61. The Balaban J connectivity index is 1.90. The van der Waals surface area contributed by atoms with Crippen molar-refractivity contribution in [1.82, 2.24) is 9.21 Å². The van der Waals surface area contributed by atoms with Crippen LogP contribution in [0.2, 0.25) is 0 Å². The molecular formula is C17H23FN2O5S. The van der Waals surface area contributed by atoms with Gasteiger partial charge in [0.1, 0.15) is 11.9 Å². The topological polar surface area (TPSA) is 95.0 Å².